The number of carbonyl (C=O) groups is 1. The Morgan fingerprint density at radius 1 is 1.04 bits per heavy atom. The van der Waals surface area contributed by atoms with Gasteiger partial charge in [0.2, 0.25) is 5.91 Å². The van der Waals surface area contributed by atoms with Crippen molar-refractivity contribution < 1.29 is 4.79 Å². The van der Waals surface area contributed by atoms with Crippen LogP contribution in [-0.4, -0.2) is 18.0 Å². The minimum atomic E-state index is 0.0862. The van der Waals surface area contributed by atoms with Crippen molar-refractivity contribution in [3.8, 4) is 0 Å². The van der Waals surface area contributed by atoms with E-state index in [0.717, 1.165) is 23.4 Å². The average molecular weight is 326 g/mol. The van der Waals surface area contributed by atoms with Gasteiger partial charge < -0.3 is 10.6 Å². The molecule has 0 aromatic heterocycles. The van der Waals surface area contributed by atoms with Gasteiger partial charge in [0.25, 0.3) is 0 Å². The van der Waals surface area contributed by atoms with E-state index in [1.165, 1.54) is 44.1 Å². The van der Waals surface area contributed by atoms with Crippen molar-refractivity contribution in [3.63, 3.8) is 0 Å². The average Bonchev–Trinajstić information content (AvgIpc) is 2.52. The molecule has 4 aliphatic rings. The Kier molecular flexibility index (Phi) is 4.16. The van der Waals surface area contributed by atoms with Crippen molar-refractivity contribution in [2.24, 2.45) is 17.8 Å². The van der Waals surface area contributed by atoms with Gasteiger partial charge in [-0.05, 0) is 79.9 Å². The maximum atomic E-state index is 12.4. The molecule has 0 aliphatic heterocycles. The smallest absolute Gasteiger partial charge is 0.238 e. The van der Waals surface area contributed by atoms with Crippen LogP contribution in [0.15, 0.2) is 24.3 Å². The summed E-state index contributed by atoms with van der Waals surface area (Å²) in [5, 5.41) is 6.70. The molecule has 1 amide bonds. The second-order valence-corrected chi connectivity index (χ2v) is 8.88. The molecule has 3 nitrogen and oxygen atoms in total. The number of amides is 1. The first-order valence-corrected chi connectivity index (χ1v) is 9.66. The van der Waals surface area contributed by atoms with Gasteiger partial charge in [-0.1, -0.05) is 26.0 Å². The van der Waals surface area contributed by atoms with Crippen molar-refractivity contribution >= 4 is 11.6 Å². The fourth-order valence-corrected chi connectivity index (χ4v) is 5.75. The van der Waals surface area contributed by atoms with E-state index in [9.17, 15) is 4.79 Å². The molecule has 24 heavy (non-hydrogen) atoms. The predicted octanol–water partition coefficient (Wildman–Crippen LogP) is 4.31. The molecule has 0 heterocycles. The number of anilines is 1. The third kappa shape index (κ3) is 3.23. The SMILES string of the molecule is CC(C)c1ccc(NC(=O)CNC23CC4CC(CC(C4)C2)C3)cc1. The van der Waals surface area contributed by atoms with Crippen LogP contribution < -0.4 is 10.6 Å². The van der Waals surface area contributed by atoms with E-state index >= 15 is 0 Å². The lowest BCUT2D eigenvalue weighted by molar-refractivity contribution is -0.116. The van der Waals surface area contributed by atoms with E-state index in [1.807, 2.05) is 12.1 Å². The molecule has 0 atom stereocenters. The first kappa shape index (κ1) is 16.1. The largest absolute Gasteiger partial charge is 0.325 e. The highest BCUT2D eigenvalue weighted by atomic mass is 16.1. The molecule has 3 heteroatoms. The molecule has 4 fully saturated rings. The molecule has 0 spiro atoms. The van der Waals surface area contributed by atoms with Crippen molar-refractivity contribution in [2.45, 2.75) is 63.8 Å². The Morgan fingerprint density at radius 3 is 2.08 bits per heavy atom. The molecule has 4 saturated carbocycles. The summed E-state index contributed by atoms with van der Waals surface area (Å²) in [6.45, 7) is 4.81. The van der Waals surface area contributed by atoms with Gasteiger partial charge in [0.15, 0.2) is 0 Å². The predicted molar refractivity (Wildman–Crippen MR) is 98.1 cm³/mol. The topological polar surface area (TPSA) is 41.1 Å². The van der Waals surface area contributed by atoms with Crippen LogP contribution in [0.25, 0.3) is 0 Å². The number of rotatable bonds is 5. The minimum Gasteiger partial charge on any atom is -0.325 e. The zero-order valence-corrected chi connectivity index (χ0v) is 15.0. The Morgan fingerprint density at radius 2 is 1.58 bits per heavy atom. The summed E-state index contributed by atoms with van der Waals surface area (Å²) in [7, 11) is 0. The van der Waals surface area contributed by atoms with Crippen LogP contribution >= 0.6 is 0 Å². The lowest BCUT2D eigenvalue weighted by Crippen LogP contribution is -2.59. The standard InChI is InChI=1S/C21H30N2O/c1-14(2)18-3-5-19(6-4-18)23-20(24)13-22-21-10-15-7-16(11-21)9-17(8-15)12-21/h3-6,14-17,22H,7-13H2,1-2H3,(H,23,24). The summed E-state index contributed by atoms with van der Waals surface area (Å²) in [5.41, 5.74) is 2.46. The zero-order chi connectivity index (χ0) is 16.7. The first-order chi connectivity index (χ1) is 11.5. The third-order valence-electron chi connectivity index (χ3n) is 6.52. The van der Waals surface area contributed by atoms with E-state index in [-0.39, 0.29) is 11.4 Å². The van der Waals surface area contributed by atoms with Crippen LogP contribution in [0.2, 0.25) is 0 Å². The summed E-state index contributed by atoms with van der Waals surface area (Å²) < 4.78 is 0. The maximum absolute atomic E-state index is 12.4. The first-order valence-electron chi connectivity index (χ1n) is 9.66. The lowest BCUT2D eigenvalue weighted by Gasteiger charge is -2.57. The summed E-state index contributed by atoms with van der Waals surface area (Å²) in [6.07, 6.45) is 8.18. The Balaban J connectivity index is 1.32. The number of hydrogen-bond donors (Lipinski definition) is 2. The molecule has 4 aliphatic carbocycles. The molecule has 4 bridgehead atoms. The molecule has 130 valence electrons. The zero-order valence-electron chi connectivity index (χ0n) is 15.0. The monoisotopic (exact) mass is 326 g/mol. The molecular weight excluding hydrogens is 296 g/mol. The van der Waals surface area contributed by atoms with Crippen LogP contribution in [0.3, 0.4) is 0 Å². The van der Waals surface area contributed by atoms with Crippen LogP contribution in [0.1, 0.15) is 63.9 Å². The second kappa shape index (κ2) is 6.18. The number of nitrogens with one attached hydrogen (secondary N) is 2. The molecule has 5 rings (SSSR count). The second-order valence-electron chi connectivity index (χ2n) is 8.88. The van der Waals surface area contributed by atoms with Gasteiger partial charge in [0.1, 0.15) is 0 Å². The van der Waals surface area contributed by atoms with Gasteiger partial charge in [-0.2, -0.15) is 0 Å². The number of benzene rings is 1. The fourth-order valence-electron chi connectivity index (χ4n) is 5.75. The number of hydrogen-bond acceptors (Lipinski definition) is 2. The van der Waals surface area contributed by atoms with Crippen molar-refractivity contribution in [3.05, 3.63) is 29.8 Å². The molecule has 2 N–H and O–H groups in total. The van der Waals surface area contributed by atoms with Gasteiger partial charge in [0.05, 0.1) is 6.54 Å². The molecular formula is C21H30N2O. The highest BCUT2D eigenvalue weighted by Gasteiger charge is 2.50. The summed E-state index contributed by atoms with van der Waals surface area (Å²) in [4.78, 5) is 12.4. The normalized spacial score (nSPS) is 33.9. The van der Waals surface area contributed by atoms with Gasteiger partial charge in [0, 0.05) is 11.2 Å². The Labute approximate surface area is 145 Å². The van der Waals surface area contributed by atoms with E-state index < -0.39 is 0 Å². The van der Waals surface area contributed by atoms with E-state index in [0.29, 0.717) is 12.5 Å². The minimum absolute atomic E-state index is 0.0862. The van der Waals surface area contributed by atoms with E-state index in [4.69, 9.17) is 0 Å². The van der Waals surface area contributed by atoms with Gasteiger partial charge in [-0.15, -0.1) is 0 Å². The Hall–Kier alpha value is -1.35. The van der Waals surface area contributed by atoms with Crippen molar-refractivity contribution in [1.82, 2.24) is 5.32 Å². The van der Waals surface area contributed by atoms with Crippen LogP contribution in [-0.2, 0) is 4.79 Å². The third-order valence-corrected chi connectivity index (χ3v) is 6.52. The lowest BCUT2D eigenvalue weighted by atomic mass is 9.53. The highest BCUT2D eigenvalue weighted by Crippen LogP contribution is 2.55. The Bertz CT molecular complexity index is 569. The molecule has 1 aromatic rings. The fraction of sp³-hybridized carbons (Fsp3) is 0.667. The van der Waals surface area contributed by atoms with Gasteiger partial charge in [-0.3, -0.25) is 4.79 Å². The van der Waals surface area contributed by atoms with Crippen LogP contribution in [0.4, 0.5) is 5.69 Å². The summed E-state index contributed by atoms with van der Waals surface area (Å²) in [6, 6.07) is 8.23. The molecule has 1 aromatic carbocycles. The van der Waals surface area contributed by atoms with Gasteiger partial charge >= 0.3 is 0 Å². The van der Waals surface area contributed by atoms with Crippen molar-refractivity contribution in [2.75, 3.05) is 11.9 Å². The van der Waals surface area contributed by atoms with Crippen LogP contribution in [0.5, 0.6) is 0 Å². The maximum Gasteiger partial charge on any atom is 0.238 e. The highest BCUT2D eigenvalue weighted by molar-refractivity contribution is 5.92. The van der Waals surface area contributed by atoms with Crippen molar-refractivity contribution in [1.29, 1.82) is 0 Å². The number of carbonyl (C=O) groups excluding carboxylic acids is 1. The molecule has 0 unspecified atom stereocenters. The van der Waals surface area contributed by atoms with E-state index in [2.05, 4.69) is 36.6 Å². The quantitative estimate of drug-likeness (QED) is 0.846. The van der Waals surface area contributed by atoms with Crippen LogP contribution in [0, 0.1) is 17.8 Å². The molecule has 0 saturated heterocycles. The summed E-state index contributed by atoms with van der Waals surface area (Å²) in [5.74, 6) is 3.34. The summed E-state index contributed by atoms with van der Waals surface area (Å²) >= 11 is 0. The molecule has 0 radical (unpaired) electrons. The van der Waals surface area contributed by atoms with E-state index in [1.54, 1.807) is 0 Å². The van der Waals surface area contributed by atoms with Gasteiger partial charge in [-0.25, -0.2) is 0 Å².